The molecule has 1 N–H and O–H groups in total. The Morgan fingerprint density at radius 3 is 2.81 bits per heavy atom. The first-order chi connectivity index (χ1) is 13.0. The summed E-state index contributed by atoms with van der Waals surface area (Å²) in [5, 5.41) is 3.96. The van der Waals surface area contributed by atoms with Crippen molar-refractivity contribution in [3.05, 3.63) is 65.6 Å². The molecule has 2 aromatic carbocycles. The molecule has 0 aliphatic rings. The Balaban J connectivity index is 1.57. The monoisotopic (exact) mass is 368 g/mol. The predicted octanol–water partition coefficient (Wildman–Crippen LogP) is 4.76. The maximum atomic E-state index is 13.5. The summed E-state index contributed by atoms with van der Waals surface area (Å²) in [7, 11) is 1.63. The molecule has 1 amide bonds. The first kappa shape index (κ1) is 19.0. The predicted molar refractivity (Wildman–Crippen MR) is 105 cm³/mol. The average Bonchev–Trinajstić information content (AvgIpc) is 3.07. The maximum absolute atomic E-state index is 13.5. The van der Waals surface area contributed by atoms with E-state index in [4.69, 9.17) is 4.74 Å². The highest BCUT2D eigenvalue weighted by Crippen LogP contribution is 2.24. The Kier molecular flexibility index (Phi) is 5.79. The van der Waals surface area contributed by atoms with Crippen LogP contribution < -0.4 is 10.1 Å². The molecule has 0 saturated carbocycles. The lowest BCUT2D eigenvalue weighted by atomic mass is 10.1. The van der Waals surface area contributed by atoms with Crippen molar-refractivity contribution in [2.75, 3.05) is 7.11 Å². The largest absolute Gasteiger partial charge is 0.496 e. The Bertz CT molecular complexity index is 949. The number of benzene rings is 2. The SMILES string of the molecule is COc1ccc(C)cc1CNC(=O)CCC(C)n1ccc2ccc(F)cc21. The molecule has 3 aromatic rings. The van der Waals surface area contributed by atoms with Gasteiger partial charge in [0.2, 0.25) is 5.91 Å². The number of ether oxygens (including phenoxy) is 1. The molecule has 1 heterocycles. The van der Waals surface area contributed by atoms with Crippen molar-refractivity contribution in [2.45, 2.75) is 39.3 Å². The molecule has 1 atom stereocenters. The third-order valence-corrected chi connectivity index (χ3v) is 4.86. The summed E-state index contributed by atoms with van der Waals surface area (Å²) < 4.78 is 20.9. The fourth-order valence-corrected chi connectivity index (χ4v) is 3.31. The molecule has 5 heteroatoms. The first-order valence-electron chi connectivity index (χ1n) is 9.14. The number of hydrogen-bond acceptors (Lipinski definition) is 2. The van der Waals surface area contributed by atoms with E-state index in [0.29, 0.717) is 19.4 Å². The lowest BCUT2D eigenvalue weighted by Crippen LogP contribution is -2.23. The number of hydrogen-bond donors (Lipinski definition) is 1. The minimum atomic E-state index is -0.250. The van der Waals surface area contributed by atoms with E-state index < -0.39 is 0 Å². The zero-order valence-corrected chi connectivity index (χ0v) is 16.0. The minimum Gasteiger partial charge on any atom is -0.496 e. The van der Waals surface area contributed by atoms with Gasteiger partial charge in [-0.1, -0.05) is 17.7 Å². The van der Waals surface area contributed by atoms with E-state index in [1.165, 1.54) is 12.1 Å². The number of carbonyl (C=O) groups is 1. The van der Waals surface area contributed by atoms with E-state index in [2.05, 4.69) is 5.32 Å². The van der Waals surface area contributed by atoms with E-state index in [1.54, 1.807) is 13.2 Å². The molecule has 4 nitrogen and oxygen atoms in total. The highest BCUT2D eigenvalue weighted by atomic mass is 19.1. The second kappa shape index (κ2) is 8.25. The quantitative estimate of drug-likeness (QED) is 0.654. The first-order valence-corrected chi connectivity index (χ1v) is 9.14. The number of amides is 1. The van der Waals surface area contributed by atoms with Crippen LogP contribution in [0.4, 0.5) is 4.39 Å². The standard InChI is InChI=1S/C22H25FN2O2/c1-15-4-8-21(27-3)18(12-15)14-24-22(26)9-5-16(2)25-11-10-17-6-7-19(23)13-20(17)25/h4,6-8,10-13,16H,5,9,14H2,1-3H3,(H,24,26). The third kappa shape index (κ3) is 4.48. The van der Waals surface area contributed by atoms with Crippen molar-refractivity contribution in [3.8, 4) is 5.75 Å². The van der Waals surface area contributed by atoms with Crippen molar-refractivity contribution >= 4 is 16.8 Å². The van der Waals surface area contributed by atoms with Gasteiger partial charge in [0.05, 0.1) is 12.6 Å². The summed E-state index contributed by atoms with van der Waals surface area (Å²) in [5.74, 6) is 0.516. The molecule has 1 aromatic heterocycles. The summed E-state index contributed by atoms with van der Waals surface area (Å²) in [6, 6.07) is 12.8. The molecule has 0 radical (unpaired) electrons. The number of nitrogens with one attached hydrogen (secondary N) is 1. The fraction of sp³-hybridized carbons (Fsp3) is 0.318. The van der Waals surface area contributed by atoms with Gasteiger partial charge in [-0.15, -0.1) is 0 Å². The molecular formula is C22H25FN2O2. The van der Waals surface area contributed by atoms with Crippen LogP contribution in [-0.4, -0.2) is 17.6 Å². The van der Waals surface area contributed by atoms with Gasteiger partial charge in [0.25, 0.3) is 0 Å². The second-order valence-corrected chi connectivity index (χ2v) is 6.91. The van der Waals surface area contributed by atoms with E-state index in [1.807, 2.05) is 48.9 Å². The van der Waals surface area contributed by atoms with Gasteiger partial charge in [-0.2, -0.15) is 0 Å². The van der Waals surface area contributed by atoms with Crippen LogP contribution in [0, 0.1) is 12.7 Å². The van der Waals surface area contributed by atoms with Gasteiger partial charge < -0.3 is 14.6 Å². The van der Waals surface area contributed by atoms with Crippen molar-refractivity contribution in [1.29, 1.82) is 0 Å². The summed E-state index contributed by atoms with van der Waals surface area (Å²) in [6.07, 6.45) is 3.03. The zero-order chi connectivity index (χ0) is 19.4. The Labute approximate surface area is 158 Å². The van der Waals surface area contributed by atoms with Crippen LogP contribution in [0.5, 0.6) is 5.75 Å². The van der Waals surface area contributed by atoms with Crippen LogP contribution in [-0.2, 0) is 11.3 Å². The van der Waals surface area contributed by atoms with Gasteiger partial charge >= 0.3 is 0 Å². The molecule has 0 saturated heterocycles. The number of halogens is 1. The number of carbonyl (C=O) groups excluding carboxylic acids is 1. The summed E-state index contributed by atoms with van der Waals surface area (Å²) >= 11 is 0. The lowest BCUT2D eigenvalue weighted by molar-refractivity contribution is -0.121. The molecule has 142 valence electrons. The van der Waals surface area contributed by atoms with Crippen LogP contribution in [0.15, 0.2) is 48.7 Å². The summed E-state index contributed by atoms with van der Waals surface area (Å²) in [4.78, 5) is 12.3. The van der Waals surface area contributed by atoms with E-state index in [0.717, 1.165) is 27.8 Å². The Morgan fingerprint density at radius 2 is 2.04 bits per heavy atom. The number of methoxy groups -OCH3 is 1. The molecule has 0 fully saturated rings. The van der Waals surface area contributed by atoms with Crippen LogP contribution in [0.25, 0.3) is 10.9 Å². The highest BCUT2D eigenvalue weighted by molar-refractivity contribution is 5.80. The van der Waals surface area contributed by atoms with E-state index >= 15 is 0 Å². The number of nitrogens with zero attached hydrogens (tertiary/aromatic N) is 1. The molecule has 0 spiro atoms. The van der Waals surface area contributed by atoms with Crippen LogP contribution >= 0.6 is 0 Å². The number of aryl methyl sites for hydroxylation is 1. The highest BCUT2D eigenvalue weighted by Gasteiger charge is 2.12. The van der Waals surface area contributed by atoms with Crippen molar-refractivity contribution in [3.63, 3.8) is 0 Å². The Hall–Kier alpha value is -2.82. The zero-order valence-electron chi connectivity index (χ0n) is 16.0. The summed E-state index contributed by atoms with van der Waals surface area (Å²) in [5.41, 5.74) is 2.94. The molecule has 27 heavy (non-hydrogen) atoms. The van der Waals surface area contributed by atoms with Crippen LogP contribution in [0.1, 0.15) is 36.9 Å². The van der Waals surface area contributed by atoms with Gasteiger partial charge in [0.1, 0.15) is 11.6 Å². The van der Waals surface area contributed by atoms with Crippen molar-refractivity contribution in [2.24, 2.45) is 0 Å². The van der Waals surface area contributed by atoms with Crippen molar-refractivity contribution < 1.29 is 13.9 Å². The number of aromatic nitrogens is 1. The van der Waals surface area contributed by atoms with Gasteiger partial charge in [0, 0.05) is 30.8 Å². The number of fused-ring (bicyclic) bond motifs is 1. The normalized spacial score (nSPS) is 12.1. The summed E-state index contributed by atoms with van der Waals surface area (Å²) in [6.45, 7) is 4.49. The molecule has 1 unspecified atom stereocenters. The second-order valence-electron chi connectivity index (χ2n) is 6.91. The molecule has 0 aliphatic carbocycles. The third-order valence-electron chi connectivity index (χ3n) is 4.86. The van der Waals surface area contributed by atoms with Gasteiger partial charge in [-0.05, 0) is 56.0 Å². The van der Waals surface area contributed by atoms with Gasteiger partial charge in [-0.3, -0.25) is 4.79 Å². The molecule has 0 aliphatic heterocycles. The topological polar surface area (TPSA) is 43.3 Å². The molecule has 0 bridgehead atoms. The average molecular weight is 368 g/mol. The van der Waals surface area contributed by atoms with E-state index in [-0.39, 0.29) is 17.8 Å². The van der Waals surface area contributed by atoms with Crippen LogP contribution in [0.2, 0.25) is 0 Å². The van der Waals surface area contributed by atoms with Crippen molar-refractivity contribution in [1.82, 2.24) is 9.88 Å². The number of rotatable bonds is 7. The minimum absolute atomic E-state index is 0.00643. The fourth-order valence-electron chi connectivity index (χ4n) is 3.31. The lowest BCUT2D eigenvalue weighted by Gasteiger charge is -2.16. The maximum Gasteiger partial charge on any atom is 0.220 e. The smallest absolute Gasteiger partial charge is 0.220 e. The van der Waals surface area contributed by atoms with E-state index in [9.17, 15) is 9.18 Å². The van der Waals surface area contributed by atoms with Gasteiger partial charge in [0.15, 0.2) is 0 Å². The Morgan fingerprint density at radius 1 is 1.22 bits per heavy atom. The van der Waals surface area contributed by atoms with Crippen LogP contribution in [0.3, 0.4) is 0 Å². The molecule has 3 rings (SSSR count). The molecular weight excluding hydrogens is 343 g/mol. The van der Waals surface area contributed by atoms with Gasteiger partial charge in [-0.25, -0.2) is 4.39 Å².